The Morgan fingerprint density at radius 2 is 1.21 bits per heavy atom. The summed E-state index contributed by atoms with van der Waals surface area (Å²) in [6, 6.07) is 34.3. The van der Waals surface area contributed by atoms with E-state index in [0.29, 0.717) is 26.2 Å². The van der Waals surface area contributed by atoms with Crippen LogP contribution in [0.5, 0.6) is 0 Å². The molecule has 5 aromatic rings. The van der Waals surface area contributed by atoms with Gasteiger partial charge in [0.15, 0.2) is 11.6 Å². The molecule has 0 bridgehead atoms. The highest BCUT2D eigenvalue weighted by Gasteiger charge is 2.33. The minimum absolute atomic E-state index is 0.0875. The van der Waals surface area contributed by atoms with Gasteiger partial charge >= 0.3 is 0 Å². The Morgan fingerprint density at radius 3 is 1.82 bits per heavy atom. The number of hydrogen-bond acceptors (Lipinski definition) is 4. The van der Waals surface area contributed by atoms with E-state index in [2.05, 4.69) is 84.1 Å². The van der Waals surface area contributed by atoms with Crippen molar-refractivity contribution in [2.24, 2.45) is 0 Å². The first kappa shape index (κ1) is 26.4. The van der Waals surface area contributed by atoms with Crippen molar-refractivity contribution in [1.82, 2.24) is 0 Å². The molecule has 0 spiro atoms. The molecule has 0 radical (unpaired) electrons. The molecule has 2 nitrogen and oxygen atoms in total. The number of benzene rings is 5. The van der Waals surface area contributed by atoms with E-state index >= 15 is 0 Å². The summed E-state index contributed by atoms with van der Waals surface area (Å²) in [4.78, 5) is 31.5. The molecule has 1 atom stereocenters. The molecule has 0 saturated carbocycles. The highest BCUT2D eigenvalue weighted by atomic mass is 127. The van der Waals surface area contributed by atoms with Crippen molar-refractivity contribution in [1.29, 1.82) is 0 Å². The van der Waals surface area contributed by atoms with Crippen LogP contribution in [0.1, 0.15) is 61.1 Å². The van der Waals surface area contributed by atoms with Crippen molar-refractivity contribution < 1.29 is 9.59 Å². The molecular formula is C34H25IO2S2. The third-order valence-electron chi connectivity index (χ3n) is 6.96. The molecule has 0 saturated heterocycles. The van der Waals surface area contributed by atoms with E-state index in [-0.39, 0.29) is 11.6 Å². The smallest absolute Gasteiger partial charge is 0.195 e. The van der Waals surface area contributed by atoms with E-state index in [4.69, 9.17) is 0 Å². The van der Waals surface area contributed by atoms with Gasteiger partial charge in [-0.05, 0) is 59.2 Å². The van der Waals surface area contributed by atoms with Gasteiger partial charge in [0.25, 0.3) is 0 Å². The van der Waals surface area contributed by atoms with Crippen LogP contribution in [-0.4, -0.2) is 11.6 Å². The van der Waals surface area contributed by atoms with E-state index in [1.165, 1.54) is 22.7 Å². The molecular weight excluding hydrogens is 631 g/mol. The van der Waals surface area contributed by atoms with Crippen LogP contribution < -0.4 is 0 Å². The van der Waals surface area contributed by atoms with Crippen molar-refractivity contribution >= 4 is 68.5 Å². The molecule has 1 aliphatic rings. The topological polar surface area (TPSA) is 34.1 Å². The summed E-state index contributed by atoms with van der Waals surface area (Å²) in [5.41, 5.74) is 3.29. The standard InChI is InChI=1S/C34H25IO2S2/c1-2-7-28(35)22-15-17-24(18-16-22)38-29-12-5-10-26-31(29)33(36)27-11-6-13-30(32(27)34(26)37)39-25-19-14-21-8-3-4-9-23(21)20-25/h3-6,8-20,28H,2,7H2,1H3. The van der Waals surface area contributed by atoms with Crippen LogP contribution in [0.2, 0.25) is 0 Å². The van der Waals surface area contributed by atoms with Gasteiger partial charge < -0.3 is 0 Å². The third kappa shape index (κ3) is 5.20. The van der Waals surface area contributed by atoms with Crippen molar-refractivity contribution in [2.45, 2.75) is 43.3 Å². The predicted octanol–water partition coefficient (Wildman–Crippen LogP) is 10.2. The first-order valence-electron chi connectivity index (χ1n) is 13.0. The molecule has 1 unspecified atom stereocenters. The summed E-state index contributed by atoms with van der Waals surface area (Å²) >= 11 is 5.57. The van der Waals surface area contributed by atoms with Gasteiger partial charge in [-0.25, -0.2) is 0 Å². The fraction of sp³-hybridized carbons (Fsp3) is 0.118. The Bertz CT molecular complexity index is 1730. The van der Waals surface area contributed by atoms with Crippen LogP contribution in [0.3, 0.4) is 0 Å². The summed E-state index contributed by atoms with van der Waals surface area (Å²) in [5, 5.41) is 2.32. The van der Waals surface area contributed by atoms with Crippen molar-refractivity contribution in [2.75, 3.05) is 0 Å². The zero-order valence-corrected chi connectivity index (χ0v) is 25.1. The zero-order chi connectivity index (χ0) is 26.9. The summed E-state index contributed by atoms with van der Waals surface area (Å²) < 4.78 is 0.494. The maximum absolute atomic E-state index is 13.9. The molecule has 0 fully saturated rings. The van der Waals surface area contributed by atoms with Crippen LogP contribution in [0, 0.1) is 0 Å². The van der Waals surface area contributed by atoms with Crippen LogP contribution in [-0.2, 0) is 0 Å². The number of fused-ring (bicyclic) bond motifs is 3. The average molecular weight is 657 g/mol. The number of halogens is 1. The molecule has 6 rings (SSSR count). The van der Waals surface area contributed by atoms with Gasteiger partial charge in [0, 0.05) is 45.8 Å². The first-order chi connectivity index (χ1) is 19.0. The number of hydrogen-bond donors (Lipinski definition) is 0. The van der Waals surface area contributed by atoms with Gasteiger partial charge in [-0.2, -0.15) is 0 Å². The molecule has 39 heavy (non-hydrogen) atoms. The van der Waals surface area contributed by atoms with Gasteiger partial charge in [0.2, 0.25) is 0 Å². The van der Waals surface area contributed by atoms with E-state index in [9.17, 15) is 9.59 Å². The summed E-state index contributed by atoms with van der Waals surface area (Å²) in [7, 11) is 0. The Labute approximate surface area is 250 Å². The molecule has 0 N–H and O–H groups in total. The Hall–Kier alpha value is -2.87. The zero-order valence-electron chi connectivity index (χ0n) is 21.3. The average Bonchev–Trinajstić information content (AvgIpc) is 2.96. The monoisotopic (exact) mass is 656 g/mol. The SMILES string of the molecule is CCCC(I)c1ccc(Sc2cccc3c2C(=O)c2cccc(Sc4ccc5ccccc5c4)c2C3=O)cc1. The highest BCUT2D eigenvalue weighted by Crippen LogP contribution is 2.42. The van der Waals surface area contributed by atoms with Gasteiger partial charge in [-0.3, -0.25) is 9.59 Å². The highest BCUT2D eigenvalue weighted by molar-refractivity contribution is 14.1. The summed E-state index contributed by atoms with van der Waals surface area (Å²) in [5.74, 6) is -0.177. The van der Waals surface area contributed by atoms with Gasteiger partial charge in [0.05, 0.1) is 0 Å². The number of rotatable bonds is 7. The van der Waals surface area contributed by atoms with Crippen molar-refractivity contribution in [3.05, 3.63) is 131 Å². The Balaban J connectivity index is 1.33. The van der Waals surface area contributed by atoms with Crippen LogP contribution in [0.15, 0.2) is 123 Å². The molecule has 0 aliphatic heterocycles. The van der Waals surface area contributed by atoms with Crippen LogP contribution in [0.25, 0.3) is 10.8 Å². The minimum atomic E-state index is -0.0893. The van der Waals surface area contributed by atoms with Crippen LogP contribution >= 0.6 is 46.1 Å². The molecule has 1 aliphatic carbocycles. The van der Waals surface area contributed by atoms with Crippen molar-refractivity contribution in [3.63, 3.8) is 0 Å². The van der Waals surface area contributed by atoms with E-state index < -0.39 is 0 Å². The maximum atomic E-state index is 13.9. The fourth-order valence-corrected chi connectivity index (χ4v) is 8.04. The Kier molecular flexibility index (Phi) is 7.65. The number of carbonyl (C=O) groups is 2. The van der Waals surface area contributed by atoms with Crippen molar-refractivity contribution in [3.8, 4) is 0 Å². The molecule has 0 amide bonds. The molecule has 0 heterocycles. The molecule has 5 heteroatoms. The van der Waals surface area contributed by atoms with E-state index in [0.717, 1.165) is 37.8 Å². The first-order valence-corrected chi connectivity index (χ1v) is 15.9. The second-order valence-corrected chi connectivity index (χ2v) is 13.3. The number of alkyl halides is 1. The molecule has 0 aromatic heterocycles. The predicted molar refractivity (Wildman–Crippen MR) is 170 cm³/mol. The normalized spacial score (nSPS) is 13.3. The largest absolute Gasteiger partial charge is 0.289 e. The van der Waals surface area contributed by atoms with E-state index in [1.807, 2.05) is 36.4 Å². The minimum Gasteiger partial charge on any atom is -0.289 e. The molecule has 5 aromatic carbocycles. The maximum Gasteiger partial charge on any atom is 0.195 e. The second kappa shape index (κ2) is 11.3. The number of carbonyl (C=O) groups excluding carboxylic acids is 2. The quantitative estimate of drug-likeness (QED) is 0.127. The third-order valence-corrected chi connectivity index (χ3v) is 10.4. The van der Waals surface area contributed by atoms with Crippen LogP contribution in [0.4, 0.5) is 0 Å². The van der Waals surface area contributed by atoms with Gasteiger partial charge in [-0.15, -0.1) is 0 Å². The lowest BCUT2D eigenvalue weighted by atomic mass is 9.84. The molecule has 192 valence electrons. The lowest BCUT2D eigenvalue weighted by Gasteiger charge is -2.22. The lowest BCUT2D eigenvalue weighted by molar-refractivity contribution is 0.0974. The summed E-state index contributed by atoms with van der Waals surface area (Å²) in [6.07, 6.45) is 2.30. The Morgan fingerprint density at radius 1 is 0.641 bits per heavy atom. The summed E-state index contributed by atoms with van der Waals surface area (Å²) in [6.45, 7) is 2.20. The fourth-order valence-electron chi connectivity index (χ4n) is 5.00. The van der Waals surface area contributed by atoms with Gasteiger partial charge in [-0.1, -0.05) is 126 Å². The van der Waals surface area contributed by atoms with Gasteiger partial charge in [0.1, 0.15) is 0 Å². The van der Waals surface area contributed by atoms with E-state index in [1.54, 1.807) is 23.9 Å². The number of ketones is 2. The second-order valence-electron chi connectivity index (χ2n) is 9.55. The lowest BCUT2D eigenvalue weighted by Crippen LogP contribution is -2.22.